The fraction of sp³-hybridized carbons (Fsp3) is 0.474. The molecule has 3 rings (SSSR count). The van der Waals surface area contributed by atoms with Gasteiger partial charge in [0.1, 0.15) is 0 Å². The summed E-state index contributed by atoms with van der Waals surface area (Å²) < 4.78 is 12.7. The van der Waals surface area contributed by atoms with E-state index in [1.165, 1.54) is 5.56 Å². The third kappa shape index (κ3) is 5.15. The maximum absolute atomic E-state index is 5.43. The van der Waals surface area contributed by atoms with E-state index in [0.29, 0.717) is 12.7 Å². The van der Waals surface area contributed by atoms with E-state index in [0.717, 1.165) is 50.1 Å². The highest BCUT2D eigenvalue weighted by molar-refractivity contribution is 5.79. The van der Waals surface area contributed by atoms with E-state index in [1.807, 2.05) is 29.1 Å². The first-order chi connectivity index (χ1) is 12.7. The lowest BCUT2D eigenvalue weighted by molar-refractivity contribution is 0.174. The smallest absolute Gasteiger partial charge is 0.231 e. The summed E-state index contributed by atoms with van der Waals surface area (Å²) in [5, 5.41) is 10.9. The molecule has 1 aromatic carbocycles. The van der Waals surface area contributed by atoms with Crippen LogP contribution in [0.15, 0.2) is 41.7 Å². The maximum Gasteiger partial charge on any atom is 0.231 e. The van der Waals surface area contributed by atoms with Crippen LogP contribution in [0.2, 0.25) is 0 Å². The average molecular weight is 357 g/mol. The average Bonchev–Trinajstić information content (AvgIpc) is 3.30. The Balaban J connectivity index is 1.46. The minimum atomic E-state index is 0.310. The number of aliphatic imine (C=N–C) groups is 1. The molecule has 1 atom stereocenters. The van der Waals surface area contributed by atoms with Gasteiger partial charge in [0, 0.05) is 38.6 Å². The van der Waals surface area contributed by atoms with Crippen LogP contribution in [0, 0.1) is 5.92 Å². The molecule has 0 saturated carbocycles. The molecule has 2 N–H and O–H groups in total. The molecule has 0 radical (unpaired) electrons. The van der Waals surface area contributed by atoms with E-state index in [-0.39, 0.29) is 0 Å². The summed E-state index contributed by atoms with van der Waals surface area (Å²) in [6.45, 7) is 7.82. The van der Waals surface area contributed by atoms with E-state index < -0.39 is 0 Å². The van der Waals surface area contributed by atoms with Gasteiger partial charge in [-0.25, -0.2) is 0 Å². The molecule has 140 valence electrons. The number of nitrogens with zero attached hydrogens (tertiary/aromatic N) is 3. The van der Waals surface area contributed by atoms with Crippen LogP contribution in [0.5, 0.6) is 11.5 Å². The van der Waals surface area contributed by atoms with E-state index >= 15 is 0 Å². The number of nitrogens with one attached hydrogen (secondary N) is 2. The first-order valence-corrected chi connectivity index (χ1v) is 9.12. The molecule has 26 heavy (non-hydrogen) atoms. The maximum atomic E-state index is 5.43. The highest BCUT2D eigenvalue weighted by atomic mass is 16.7. The van der Waals surface area contributed by atoms with Gasteiger partial charge in [0.2, 0.25) is 6.79 Å². The van der Waals surface area contributed by atoms with Gasteiger partial charge >= 0.3 is 0 Å². The SMILES string of the molecule is CCNC(=NCC(C)Cn1cccn1)NCCc1ccc2c(c1)OCO2. The number of hydrogen-bond acceptors (Lipinski definition) is 4. The largest absolute Gasteiger partial charge is 0.454 e. The van der Waals surface area contributed by atoms with Gasteiger partial charge in [0.05, 0.1) is 0 Å². The lowest BCUT2D eigenvalue weighted by Crippen LogP contribution is -2.38. The highest BCUT2D eigenvalue weighted by Crippen LogP contribution is 2.32. The first kappa shape index (κ1) is 18.1. The van der Waals surface area contributed by atoms with Crippen molar-refractivity contribution >= 4 is 5.96 Å². The van der Waals surface area contributed by atoms with Gasteiger partial charge in [0.25, 0.3) is 0 Å². The monoisotopic (exact) mass is 357 g/mol. The normalized spacial score (nSPS) is 14.3. The van der Waals surface area contributed by atoms with Crippen molar-refractivity contribution in [2.45, 2.75) is 26.8 Å². The molecule has 0 spiro atoms. The summed E-state index contributed by atoms with van der Waals surface area (Å²) >= 11 is 0. The summed E-state index contributed by atoms with van der Waals surface area (Å²) in [5.74, 6) is 2.91. The first-order valence-electron chi connectivity index (χ1n) is 9.12. The number of rotatable bonds is 8. The second kappa shape index (κ2) is 9.12. The van der Waals surface area contributed by atoms with Gasteiger partial charge in [-0.2, -0.15) is 5.10 Å². The van der Waals surface area contributed by atoms with Crippen molar-refractivity contribution < 1.29 is 9.47 Å². The molecule has 0 saturated heterocycles. The van der Waals surface area contributed by atoms with Crippen molar-refractivity contribution in [3.05, 3.63) is 42.2 Å². The van der Waals surface area contributed by atoms with E-state index in [1.54, 1.807) is 6.20 Å². The fourth-order valence-corrected chi connectivity index (χ4v) is 2.80. The molecular weight excluding hydrogens is 330 g/mol. The molecule has 2 heterocycles. The number of aromatic nitrogens is 2. The Labute approximate surface area is 154 Å². The van der Waals surface area contributed by atoms with Gasteiger partial charge in [-0.05, 0) is 43.0 Å². The molecule has 0 fully saturated rings. The van der Waals surface area contributed by atoms with Crippen molar-refractivity contribution in [1.82, 2.24) is 20.4 Å². The topological polar surface area (TPSA) is 72.7 Å². The van der Waals surface area contributed by atoms with Crippen LogP contribution in [0.25, 0.3) is 0 Å². The molecule has 1 aliphatic rings. The number of benzene rings is 1. The van der Waals surface area contributed by atoms with Crippen LogP contribution in [0.3, 0.4) is 0 Å². The predicted molar refractivity (Wildman–Crippen MR) is 102 cm³/mol. The van der Waals surface area contributed by atoms with Crippen LogP contribution in [-0.2, 0) is 13.0 Å². The van der Waals surface area contributed by atoms with E-state index in [9.17, 15) is 0 Å². The van der Waals surface area contributed by atoms with Crippen LogP contribution in [-0.4, -0.2) is 42.2 Å². The minimum absolute atomic E-state index is 0.310. The molecule has 0 aliphatic carbocycles. The Bertz CT molecular complexity index is 715. The Kier molecular flexibility index (Phi) is 6.35. The van der Waals surface area contributed by atoms with Crippen molar-refractivity contribution in [1.29, 1.82) is 0 Å². The molecule has 2 aromatic rings. The summed E-state index contributed by atoms with van der Waals surface area (Å²) in [7, 11) is 0. The van der Waals surface area contributed by atoms with Crippen LogP contribution >= 0.6 is 0 Å². The number of fused-ring (bicyclic) bond motifs is 1. The Hall–Kier alpha value is -2.70. The number of guanidine groups is 1. The molecule has 7 heteroatoms. The second-order valence-electron chi connectivity index (χ2n) is 6.42. The van der Waals surface area contributed by atoms with Crippen molar-refractivity contribution in [2.75, 3.05) is 26.4 Å². The molecule has 1 unspecified atom stereocenters. The number of hydrogen-bond donors (Lipinski definition) is 2. The van der Waals surface area contributed by atoms with Gasteiger partial charge in [0.15, 0.2) is 17.5 Å². The zero-order chi connectivity index (χ0) is 18.2. The summed E-state index contributed by atoms with van der Waals surface area (Å²) in [5.41, 5.74) is 1.21. The molecule has 1 aromatic heterocycles. The Morgan fingerprint density at radius 2 is 2.19 bits per heavy atom. The Morgan fingerprint density at radius 1 is 1.31 bits per heavy atom. The van der Waals surface area contributed by atoms with Crippen molar-refractivity contribution in [3.63, 3.8) is 0 Å². The zero-order valence-electron chi connectivity index (χ0n) is 15.4. The van der Waals surface area contributed by atoms with Crippen molar-refractivity contribution in [3.8, 4) is 11.5 Å². The standard InChI is InChI=1S/C19H27N5O2/c1-3-20-19(22-12-15(2)13-24-10-4-8-23-24)21-9-7-16-5-6-17-18(11-16)26-14-25-17/h4-6,8,10-11,15H,3,7,9,12-14H2,1-2H3,(H2,20,21,22). The lowest BCUT2D eigenvalue weighted by atomic mass is 10.1. The van der Waals surface area contributed by atoms with Gasteiger partial charge in [-0.15, -0.1) is 0 Å². The zero-order valence-corrected chi connectivity index (χ0v) is 15.4. The highest BCUT2D eigenvalue weighted by Gasteiger charge is 2.13. The van der Waals surface area contributed by atoms with Crippen LogP contribution in [0.1, 0.15) is 19.4 Å². The van der Waals surface area contributed by atoms with Gasteiger partial charge in [-0.1, -0.05) is 13.0 Å². The third-order valence-electron chi connectivity index (χ3n) is 4.11. The second-order valence-corrected chi connectivity index (χ2v) is 6.42. The number of ether oxygens (including phenoxy) is 2. The molecule has 0 bridgehead atoms. The molecule has 7 nitrogen and oxygen atoms in total. The van der Waals surface area contributed by atoms with Gasteiger partial charge in [-0.3, -0.25) is 9.67 Å². The van der Waals surface area contributed by atoms with E-state index in [2.05, 4.69) is 35.6 Å². The molecule has 1 aliphatic heterocycles. The van der Waals surface area contributed by atoms with Crippen LogP contribution in [0.4, 0.5) is 0 Å². The Morgan fingerprint density at radius 3 is 3.00 bits per heavy atom. The fourth-order valence-electron chi connectivity index (χ4n) is 2.80. The quantitative estimate of drug-likeness (QED) is 0.559. The molecule has 0 amide bonds. The van der Waals surface area contributed by atoms with Gasteiger partial charge < -0.3 is 20.1 Å². The summed E-state index contributed by atoms with van der Waals surface area (Å²) in [6.07, 6.45) is 4.68. The summed E-state index contributed by atoms with van der Waals surface area (Å²) in [4.78, 5) is 4.69. The summed E-state index contributed by atoms with van der Waals surface area (Å²) in [6, 6.07) is 8.03. The minimum Gasteiger partial charge on any atom is -0.454 e. The molecular formula is C19H27N5O2. The van der Waals surface area contributed by atoms with Crippen molar-refractivity contribution in [2.24, 2.45) is 10.9 Å². The third-order valence-corrected chi connectivity index (χ3v) is 4.11. The van der Waals surface area contributed by atoms with Crippen LogP contribution < -0.4 is 20.1 Å². The lowest BCUT2D eigenvalue weighted by Gasteiger charge is -2.14. The predicted octanol–water partition coefficient (Wildman–Crippen LogP) is 2.05. The van der Waals surface area contributed by atoms with E-state index in [4.69, 9.17) is 14.5 Å².